The average molecular weight is 405 g/mol. The third kappa shape index (κ3) is 3.08. The molecule has 0 aliphatic rings. The van der Waals surface area contributed by atoms with E-state index in [0.717, 1.165) is 0 Å². The summed E-state index contributed by atoms with van der Waals surface area (Å²) in [6.07, 6.45) is 1.29. The third-order valence-corrected chi connectivity index (χ3v) is 4.81. The molecule has 2 aromatic carbocycles. The number of hydrogen-bond acceptors (Lipinski definition) is 6. The molecule has 0 radical (unpaired) electrons. The van der Waals surface area contributed by atoms with Crippen molar-refractivity contribution in [2.45, 2.75) is 0 Å². The zero-order valence-electron chi connectivity index (χ0n) is 16.6. The highest BCUT2D eigenvalue weighted by atomic mass is 16.5. The van der Waals surface area contributed by atoms with Gasteiger partial charge in [0.25, 0.3) is 5.56 Å². The molecule has 0 amide bonds. The Balaban J connectivity index is 2.06. The van der Waals surface area contributed by atoms with E-state index >= 15 is 0 Å². The Morgan fingerprint density at radius 3 is 2.23 bits per heavy atom. The highest BCUT2D eigenvalue weighted by Crippen LogP contribution is 2.43. The van der Waals surface area contributed by atoms with Gasteiger partial charge in [-0.05, 0) is 17.7 Å². The molecule has 0 spiro atoms. The van der Waals surface area contributed by atoms with Gasteiger partial charge in [0.2, 0.25) is 11.5 Å². The molecule has 2 N–H and O–H groups in total. The molecule has 4 aromatic rings. The van der Waals surface area contributed by atoms with E-state index in [-0.39, 0.29) is 22.4 Å². The van der Waals surface area contributed by atoms with E-state index in [9.17, 15) is 9.59 Å². The van der Waals surface area contributed by atoms with Gasteiger partial charge >= 0.3 is 0 Å². The van der Waals surface area contributed by atoms with Crippen molar-refractivity contribution in [1.82, 2.24) is 15.0 Å². The molecule has 0 aliphatic carbocycles. The van der Waals surface area contributed by atoms with Crippen molar-refractivity contribution >= 4 is 16.8 Å². The first kappa shape index (κ1) is 19.3. The van der Waals surface area contributed by atoms with Gasteiger partial charge in [0.05, 0.1) is 38.7 Å². The number of hydrogen-bond donors (Lipinski definition) is 2. The van der Waals surface area contributed by atoms with Crippen LogP contribution in [0.15, 0.2) is 53.6 Å². The maximum atomic E-state index is 13.3. The van der Waals surface area contributed by atoms with E-state index in [4.69, 9.17) is 14.2 Å². The minimum absolute atomic E-state index is 0.245. The summed E-state index contributed by atoms with van der Waals surface area (Å²) in [4.78, 5) is 35.7. The maximum Gasteiger partial charge on any atom is 0.260 e. The first-order chi connectivity index (χ1) is 14.6. The van der Waals surface area contributed by atoms with Crippen LogP contribution < -0.4 is 19.8 Å². The number of methoxy groups -OCH3 is 3. The van der Waals surface area contributed by atoms with Crippen LogP contribution in [-0.4, -0.2) is 42.1 Å². The number of H-pyrrole nitrogens is 2. The van der Waals surface area contributed by atoms with Gasteiger partial charge in [0.15, 0.2) is 11.5 Å². The molecule has 152 valence electrons. The molecular formula is C22H19N3O5. The minimum atomic E-state index is -0.368. The van der Waals surface area contributed by atoms with Gasteiger partial charge in [-0.15, -0.1) is 0 Å². The van der Waals surface area contributed by atoms with Crippen LogP contribution in [-0.2, 0) is 0 Å². The average Bonchev–Trinajstić information content (AvgIpc) is 3.19. The number of aromatic amines is 2. The Bertz CT molecular complexity index is 1270. The summed E-state index contributed by atoms with van der Waals surface area (Å²) >= 11 is 0. The van der Waals surface area contributed by atoms with Crippen LogP contribution in [0.25, 0.3) is 22.2 Å². The first-order valence-corrected chi connectivity index (χ1v) is 9.08. The van der Waals surface area contributed by atoms with Gasteiger partial charge in [-0.1, -0.05) is 30.3 Å². The Kier molecular flexibility index (Phi) is 4.97. The van der Waals surface area contributed by atoms with Crippen molar-refractivity contribution in [1.29, 1.82) is 0 Å². The molecule has 2 aromatic heterocycles. The lowest BCUT2D eigenvalue weighted by Crippen LogP contribution is -2.07. The number of carbonyl (C=O) groups is 1. The molecule has 0 saturated heterocycles. The number of ketones is 1. The van der Waals surface area contributed by atoms with E-state index in [2.05, 4.69) is 15.0 Å². The molecule has 0 atom stereocenters. The van der Waals surface area contributed by atoms with Gasteiger partial charge in [-0.3, -0.25) is 9.59 Å². The predicted octanol–water partition coefficient (Wildman–Crippen LogP) is 3.18. The van der Waals surface area contributed by atoms with Crippen molar-refractivity contribution in [3.05, 3.63) is 70.4 Å². The summed E-state index contributed by atoms with van der Waals surface area (Å²) in [6.45, 7) is 0. The second-order valence-electron chi connectivity index (χ2n) is 6.44. The highest BCUT2D eigenvalue weighted by molar-refractivity contribution is 6.16. The van der Waals surface area contributed by atoms with Crippen molar-refractivity contribution < 1.29 is 19.0 Å². The van der Waals surface area contributed by atoms with Crippen LogP contribution in [0, 0.1) is 0 Å². The summed E-state index contributed by atoms with van der Waals surface area (Å²) in [7, 11) is 4.51. The number of nitrogens with one attached hydrogen (secondary N) is 2. The Morgan fingerprint density at radius 1 is 0.967 bits per heavy atom. The van der Waals surface area contributed by atoms with Crippen molar-refractivity contribution in [2.24, 2.45) is 0 Å². The van der Waals surface area contributed by atoms with E-state index in [1.54, 1.807) is 36.4 Å². The molecule has 30 heavy (non-hydrogen) atoms. The third-order valence-electron chi connectivity index (χ3n) is 4.81. The Labute approximate surface area is 171 Å². The standard InChI is InChI=1S/C22H19N3O5/c1-28-14-9-13(10-15(29-2)20(14)30-3)16-17-21(23-11-24-22(17)27)25-18(16)19(26)12-7-5-4-6-8-12/h4-11H,1-3H3,(H2,23,24,25,27). The monoisotopic (exact) mass is 405 g/mol. The Morgan fingerprint density at radius 2 is 1.63 bits per heavy atom. The summed E-state index contributed by atoms with van der Waals surface area (Å²) in [6, 6.07) is 12.2. The molecule has 8 nitrogen and oxygen atoms in total. The molecule has 8 heteroatoms. The SMILES string of the molecule is COc1cc(-c2c(C(=O)c3ccccc3)[nH]c3nc[nH]c(=O)c23)cc(OC)c1OC. The minimum Gasteiger partial charge on any atom is -0.493 e. The fourth-order valence-electron chi connectivity index (χ4n) is 3.45. The van der Waals surface area contributed by atoms with Crippen LogP contribution in [0.3, 0.4) is 0 Å². The topological polar surface area (TPSA) is 106 Å². The molecule has 4 rings (SSSR count). The van der Waals surface area contributed by atoms with E-state index < -0.39 is 0 Å². The molecule has 0 bridgehead atoms. The van der Waals surface area contributed by atoms with Crippen LogP contribution in [0.2, 0.25) is 0 Å². The predicted molar refractivity (Wildman–Crippen MR) is 112 cm³/mol. The largest absolute Gasteiger partial charge is 0.493 e. The van der Waals surface area contributed by atoms with Crippen LogP contribution in [0.4, 0.5) is 0 Å². The first-order valence-electron chi connectivity index (χ1n) is 9.08. The quantitative estimate of drug-likeness (QED) is 0.477. The van der Waals surface area contributed by atoms with Crippen molar-refractivity contribution in [3.63, 3.8) is 0 Å². The fraction of sp³-hybridized carbons (Fsp3) is 0.136. The summed E-state index contributed by atoms with van der Waals surface area (Å²) < 4.78 is 16.3. The molecular weight excluding hydrogens is 386 g/mol. The highest BCUT2D eigenvalue weighted by Gasteiger charge is 2.25. The van der Waals surface area contributed by atoms with E-state index in [1.165, 1.54) is 27.7 Å². The number of rotatable bonds is 6. The smallest absolute Gasteiger partial charge is 0.260 e. The number of fused-ring (bicyclic) bond motifs is 1. The number of aromatic nitrogens is 3. The van der Waals surface area contributed by atoms with Gasteiger partial charge in [-0.2, -0.15) is 0 Å². The molecule has 0 fully saturated rings. The molecule has 0 aliphatic heterocycles. The number of ether oxygens (including phenoxy) is 3. The summed E-state index contributed by atoms with van der Waals surface area (Å²) in [5.41, 5.74) is 1.62. The summed E-state index contributed by atoms with van der Waals surface area (Å²) in [5.74, 6) is 0.947. The molecule has 2 heterocycles. The number of nitrogens with zero attached hydrogens (tertiary/aromatic N) is 1. The van der Waals surface area contributed by atoms with Crippen LogP contribution in [0.5, 0.6) is 17.2 Å². The van der Waals surface area contributed by atoms with Crippen molar-refractivity contribution in [2.75, 3.05) is 21.3 Å². The van der Waals surface area contributed by atoms with Gasteiger partial charge < -0.3 is 24.2 Å². The number of carbonyl (C=O) groups excluding carboxylic acids is 1. The lowest BCUT2D eigenvalue weighted by Gasteiger charge is -2.14. The van der Waals surface area contributed by atoms with E-state index in [1.807, 2.05) is 6.07 Å². The second kappa shape index (κ2) is 7.75. The van der Waals surface area contributed by atoms with Gasteiger partial charge in [0, 0.05) is 11.1 Å². The maximum absolute atomic E-state index is 13.3. The van der Waals surface area contributed by atoms with Crippen LogP contribution >= 0.6 is 0 Å². The van der Waals surface area contributed by atoms with Gasteiger partial charge in [0.1, 0.15) is 5.65 Å². The molecule has 0 saturated carbocycles. The van der Waals surface area contributed by atoms with Crippen molar-refractivity contribution in [3.8, 4) is 28.4 Å². The number of benzene rings is 2. The zero-order chi connectivity index (χ0) is 21.3. The van der Waals surface area contributed by atoms with Crippen LogP contribution in [0.1, 0.15) is 16.1 Å². The normalized spacial score (nSPS) is 10.8. The Hall–Kier alpha value is -4.07. The van der Waals surface area contributed by atoms with Gasteiger partial charge in [-0.25, -0.2) is 4.98 Å². The lowest BCUT2D eigenvalue weighted by molar-refractivity contribution is 0.103. The van der Waals surface area contributed by atoms with E-state index in [0.29, 0.717) is 39.6 Å². The zero-order valence-corrected chi connectivity index (χ0v) is 16.6. The summed E-state index contributed by atoms with van der Waals surface area (Å²) in [5, 5.41) is 0.269. The second-order valence-corrected chi connectivity index (χ2v) is 6.44. The lowest BCUT2D eigenvalue weighted by atomic mass is 9.97. The fourth-order valence-corrected chi connectivity index (χ4v) is 3.45. The molecule has 0 unspecified atom stereocenters.